The fraction of sp³-hybridized carbons (Fsp3) is 0.444. The molecule has 2 N–H and O–H groups in total. The number of nitrogens with zero attached hydrogens (tertiary/aromatic N) is 2. The maximum Gasteiger partial charge on any atom is 0.0693 e. The van der Waals surface area contributed by atoms with Crippen LogP contribution >= 0.6 is 0 Å². The van der Waals surface area contributed by atoms with E-state index in [-0.39, 0.29) is 16.8 Å². The Balaban J connectivity index is 0.00000387. The molecule has 5 rings (SSSR count). The number of rotatable bonds is 8. The summed E-state index contributed by atoms with van der Waals surface area (Å²) in [7, 11) is 0. The van der Waals surface area contributed by atoms with Crippen LogP contribution in [-0.4, -0.2) is 19.9 Å². The Bertz CT molecular complexity index is 1440. The Labute approximate surface area is 256 Å². The van der Waals surface area contributed by atoms with Crippen molar-refractivity contribution in [2.75, 3.05) is 0 Å². The molecule has 0 atom stereocenters. The van der Waals surface area contributed by atoms with Crippen LogP contribution in [0.3, 0.4) is 0 Å². The first-order valence-electron chi connectivity index (χ1n) is 15.7. The van der Waals surface area contributed by atoms with Gasteiger partial charge in [0, 0.05) is 38.8 Å². The average Bonchev–Trinajstić information content (AvgIpc) is 3.67. The van der Waals surface area contributed by atoms with Gasteiger partial charge in [-0.1, -0.05) is 55.4 Å². The zero-order chi connectivity index (χ0) is 28.6. The van der Waals surface area contributed by atoms with Crippen LogP contribution in [0.4, 0.5) is 0 Å². The van der Waals surface area contributed by atoms with Gasteiger partial charge in [-0.3, -0.25) is 0 Å². The molecule has 0 fully saturated rings. The Morgan fingerprint density at radius 2 is 0.610 bits per heavy atom. The molecule has 0 aromatic carbocycles. The van der Waals surface area contributed by atoms with Crippen molar-refractivity contribution in [3.8, 4) is 0 Å². The van der Waals surface area contributed by atoms with Gasteiger partial charge in [0.05, 0.1) is 22.8 Å². The van der Waals surface area contributed by atoms with Gasteiger partial charge in [0.15, 0.2) is 0 Å². The van der Waals surface area contributed by atoms with E-state index in [0.717, 1.165) is 74.1 Å². The largest absolute Gasteiger partial charge is 0.355 e. The van der Waals surface area contributed by atoms with E-state index in [2.05, 4.69) is 89.6 Å². The first-order chi connectivity index (χ1) is 19.5. The van der Waals surface area contributed by atoms with Crippen molar-refractivity contribution in [2.45, 2.75) is 107 Å². The summed E-state index contributed by atoms with van der Waals surface area (Å²) in [6, 6.07) is 9.24. The van der Waals surface area contributed by atoms with Gasteiger partial charge >= 0.3 is 0 Å². The number of aromatic amines is 2. The molecule has 0 unspecified atom stereocenters. The van der Waals surface area contributed by atoms with Gasteiger partial charge in [0.1, 0.15) is 0 Å². The van der Waals surface area contributed by atoms with E-state index in [0.29, 0.717) is 0 Å². The summed E-state index contributed by atoms with van der Waals surface area (Å²) >= 11 is 0. The quantitative estimate of drug-likeness (QED) is 0.273. The van der Waals surface area contributed by atoms with Crippen LogP contribution in [0.15, 0.2) is 24.3 Å². The predicted octanol–water partition coefficient (Wildman–Crippen LogP) is 10.0. The number of hydrogen-bond donors (Lipinski definition) is 2. The van der Waals surface area contributed by atoms with E-state index in [4.69, 9.17) is 9.97 Å². The van der Waals surface area contributed by atoms with Crippen molar-refractivity contribution in [3.05, 3.63) is 69.3 Å². The average molecular weight is 594 g/mol. The Hall–Kier alpha value is -2.89. The molecule has 5 heterocycles. The van der Waals surface area contributed by atoms with Gasteiger partial charge in [-0.15, -0.1) is 0 Å². The number of aryl methyl sites for hydroxylation is 4. The molecule has 3 aromatic rings. The SMILES string of the molecule is CCC1=C(CC)c2cc3[nH]c(cc4nc(cc5[nH]c(cc1n2)c(CC)c5CC)C(CC)=C4CC)c(CC)c3CC.[Co]. The van der Waals surface area contributed by atoms with Gasteiger partial charge in [0.25, 0.3) is 0 Å². The number of allylic oxidation sites excluding steroid dienone is 4. The Morgan fingerprint density at radius 3 is 0.780 bits per heavy atom. The molecule has 1 radical (unpaired) electrons. The van der Waals surface area contributed by atoms with Crippen molar-refractivity contribution in [2.24, 2.45) is 0 Å². The van der Waals surface area contributed by atoms with E-state index in [9.17, 15) is 0 Å². The molecule has 2 aliphatic heterocycles. The third-order valence-corrected chi connectivity index (χ3v) is 8.97. The molecule has 2 aliphatic rings. The second-order valence-corrected chi connectivity index (χ2v) is 10.9. The minimum Gasteiger partial charge on any atom is -0.355 e. The molecule has 0 saturated heterocycles. The number of H-pyrrole nitrogens is 2. The van der Waals surface area contributed by atoms with Crippen molar-refractivity contribution in [3.63, 3.8) is 0 Å². The molecule has 0 amide bonds. The fourth-order valence-electron chi connectivity index (χ4n) is 7.10. The van der Waals surface area contributed by atoms with Gasteiger partial charge in [0.2, 0.25) is 0 Å². The summed E-state index contributed by atoms with van der Waals surface area (Å²) in [5.74, 6) is 0. The summed E-state index contributed by atoms with van der Waals surface area (Å²) < 4.78 is 0. The van der Waals surface area contributed by atoms with Gasteiger partial charge < -0.3 is 9.97 Å². The molecule has 0 saturated carbocycles. The van der Waals surface area contributed by atoms with Crippen LogP contribution < -0.4 is 0 Å². The van der Waals surface area contributed by atoms with Crippen LogP contribution in [0, 0.1) is 0 Å². The smallest absolute Gasteiger partial charge is 0.0693 e. The third-order valence-electron chi connectivity index (χ3n) is 8.97. The predicted molar refractivity (Wildman–Crippen MR) is 173 cm³/mol. The van der Waals surface area contributed by atoms with E-state index in [1.807, 2.05) is 0 Å². The Kier molecular flexibility index (Phi) is 9.81. The molecular formula is C36H46CoN4. The van der Waals surface area contributed by atoms with Crippen molar-refractivity contribution < 1.29 is 16.8 Å². The maximum atomic E-state index is 5.29. The van der Waals surface area contributed by atoms with Crippen LogP contribution in [0.2, 0.25) is 0 Å². The van der Waals surface area contributed by atoms with Crippen molar-refractivity contribution >= 4 is 44.4 Å². The molecule has 4 nitrogen and oxygen atoms in total. The molecule has 219 valence electrons. The van der Waals surface area contributed by atoms with Crippen LogP contribution in [-0.2, 0) is 42.5 Å². The van der Waals surface area contributed by atoms with Crippen molar-refractivity contribution in [1.82, 2.24) is 19.9 Å². The standard InChI is InChI=1S/C36H46N4.Co/c1-9-21-22(10-2)30-18-32-25(13-5)26(14-6)34(39-32)20-36-28(16-8)27(15-7)35(40-36)19-33-24(12-4)23(11-3)31(38-33)17-29(21)37-30;/h17-20,37,40H,9-16H2,1-8H3;. The number of hydrogen-bond acceptors (Lipinski definition) is 2. The van der Waals surface area contributed by atoms with E-state index >= 15 is 0 Å². The first kappa shape index (κ1) is 31.1. The van der Waals surface area contributed by atoms with E-state index in [1.165, 1.54) is 66.6 Å². The summed E-state index contributed by atoms with van der Waals surface area (Å²) in [6.45, 7) is 18.1. The number of fused-ring (bicyclic) bond motifs is 8. The van der Waals surface area contributed by atoms with Gasteiger partial charge in [-0.05, 0) is 120 Å². The molecule has 0 aliphatic carbocycles. The zero-order valence-corrected chi connectivity index (χ0v) is 27.2. The molecule has 3 aromatic heterocycles. The summed E-state index contributed by atoms with van der Waals surface area (Å²) in [4.78, 5) is 18.2. The second kappa shape index (κ2) is 13.0. The molecular weight excluding hydrogens is 547 g/mol. The molecule has 0 spiro atoms. The van der Waals surface area contributed by atoms with Gasteiger partial charge in [-0.25, -0.2) is 9.97 Å². The van der Waals surface area contributed by atoms with Crippen molar-refractivity contribution in [1.29, 1.82) is 0 Å². The summed E-state index contributed by atoms with van der Waals surface area (Å²) in [5.41, 5.74) is 20.2. The maximum absolute atomic E-state index is 5.29. The van der Waals surface area contributed by atoms with Crippen LogP contribution in [0.1, 0.15) is 126 Å². The molecule has 5 heteroatoms. The second-order valence-electron chi connectivity index (χ2n) is 10.9. The van der Waals surface area contributed by atoms with Crippen LogP contribution in [0.25, 0.3) is 44.4 Å². The normalized spacial score (nSPS) is 13.3. The summed E-state index contributed by atoms with van der Waals surface area (Å²) in [5, 5.41) is 0. The van der Waals surface area contributed by atoms with E-state index < -0.39 is 0 Å². The topological polar surface area (TPSA) is 57.4 Å². The van der Waals surface area contributed by atoms with E-state index in [1.54, 1.807) is 0 Å². The Morgan fingerprint density at radius 1 is 0.390 bits per heavy atom. The summed E-state index contributed by atoms with van der Waals surface area (Å²) in [6.07, 6.45) is 7.84. The molecule has 41 heavy (non-hydrogen) atoms. The molecule has 8 bridgehead atoms. The minimum absolute atomic E-state index is 0. The first-order valence-corrected chi connectivity index (χ1v) is 15.7. The fourth-order valence-corrected chi connectivity index (χ4v) is 7.10. The zero-order valence-electron chi connectivity index (χ0n) is 26.2. The van der Waals surface area contributed by atoms with Crippen LogP contribution in [0.5, 0.6) is 0 Å². The third kappa shape index (κ3) is 5.28. The monoisotopic (exact) mass is 593 g/mol. The minimum atomic E-state index is 0. The number of aromatic nitrogens is 4. The number of nitrogens with one attached hydrogen (secondary N) is 2. The van der Waals surface area contributed by atoms with Gasteiger partial charge in [-0.2, -0.15) is 0 Å².